The average molecular weight is 298 g/mol. The van der Waals surface area contributed by atoms with Crippen LogP contribution < -0.4 is 5.32 Å². The van der Waals surface area contributed by atoms with E-state index in [-0.39, 0.29) is 5.91 Å². The molecule has 1 aliphatic heterocycles. The van der Waals surface area contributed by atoms with Crippen LogP contribution in [0.2, 0.25) is 0 Å². The Labute approximate surface area is 110 Å². The number of nitrogens with zero attached hydrogens (tertiary/aromatic N) is 2. The largest absolute Gasteiger partial charge is 0.342 e. The first-order valence-corrected chi connectivity index (χ1v) is 6.65. The van der Waals surface area contributed by atoms with Crippen LogP contribution in [0.25, 0.3) is 0 Å². The zero-order valence-corrected chi connectivity index (χ0v) is 11.2. The molecule has 1 aromatic heterocycles. The van der Waals surface area contributed by atoms with Crippen LogP contribution in [-0.2, 0) is 11.3 Å². The molecule has 0 aliphatic carbocycles. The zero-order chi connectivity index (χ0) is 12.1. The summed E-state index contributed by atoms with van der Waals surface area (Å²) in [5.41, 5.74) is 0.939. The Hall–Kier alpha value is -0.940. The lowest BCUT2D eigenvalue weighted by Crippen LogP contribution is -2.36. The summed E-state index contributed by atoms with van der Waals surface area (Å²) in [4.78, 5) is 18.0. The topological polar surface area (TPSA) is 45.2 Å². The number of hydrogen-bond acceptors (Lipinski definition) is 3. The van der Waals surface area contributed by atoms with Gasteiger partial charge in [0.15, 0.2) is 0 Å². The van der Waals surface area contributed by atoms with Crippen molar-refractivity contribution in [3.63, 3.8) is 0 Å². The highest BCUT2D eigenvalue weighted by Gasteiger charge is 2.16. The standard InChI is InChI=1S/C12H16BrN3O/c13-11-5-3-4-10(15-11)8-14-9-12(17)16-6-1-2-7-16/h3-5,14H,1-2,6-9H2. The predicted octanol–water partition coefficient (Wildman–Crippen LogP) is 1.56. The summed E-state index contributed by atoms with van der Waals surface area (Å²) in [6, 6.07) is 5.77. The molecule has 0 atom stereocenters. The Bertz CT molecular complexity index is 391. The van der Waals surface area contributed by atoms with E-state index < -0.39 is 0 Å². The van der Waals surface area contributed by atoms with Gasteiger partial charge in [-0.1, -0.05) is 6.07 Å². The first-order chi connectivity index (χ1) is 8.25. The Kier molecular flexibility index (Phi) is 4.50. The maximum absolute atomic E-state index is 11.7. The number of pyridine rings is 1. The van der Waals surface area contributed by atoms with Crippen molar-refractivity contribution in [2.45, 2.75) is 19.4 Å². The molecule has 17 heavy (non-hydrogen) atoms. The summed E-state index contributed by atoms with van der Waals surface area (Å²) in [6.07, 6.45) is 2.28. The number of halogens is 1. The van der Waals surface area contributed by atoms with E-state index in [1.807, 2.05) is 23.1 Å². The lowest BCUT2D eigenvalue weighted by atomic mass is 10.3. The van der Waals surface area contributed by atoms with E-state index in [0.29, 0.717) is 13.1 Å². The van der Waals surface area contributed by atoms with Crippen molar-refractivity contribution >= 4 is 21.8 Å². The molecule has 1 saturated heterocycles. The van der Waals surface area contributed by atoms with E-state index in [1.165, 1.54) is 0 Å². The number of likely N-dealkylation sites (tertiary alicyclic amines) is 1. The fourth-order valence-corrected chi connectivity index (χ4v) is 2.30. The normalized spacial score (nSPS) is 15.2. The molecule has 2 heterocycles. The van der Waals surface area contributed by atoms with Crippen LogP contribution in [0.5, 0.6) is 0 Å². The average Bonchev–Trinajstić information content (AvgIpc) is 2.82. The molecule has 1 N–H and O–H groups in total. The zero-order valence-electron chi connectivity index (χ0n) is 9.66. The van der Waals surface area contributed by atoms with E-state index in [4.69, 9.17) is 0 Å². The second-order valence-electron chi connectivity index (χ2n) is 4.14. The molecule has 1 amide bonds. The molecule has 0 bridgehead atoms. The number of rotatable bonds is 4. The summed E-state index contributed by atoms with van der Waals surface area (Å²) in [6.45, 7) is 2.85. The van der Waals surface area contributed by atoms with E-state index >= 15 is 0 Å². The van der Waals surface area contributed by atoms with Crippen molar-refractivity contribution < 1.29 is 4.79 Å². The highest BCUT2D eigenvalue weighted by atomic mass is 79.9. The van der Waals surface area contributed by atoms with Crippen molar-refractivity contribution in [2.24, 2.45) is 0 Å². The molecule has 5 heteroatoms. The van der Waals surface area contributed by atoms with Gasteiger partial charge in [-0.15, -0.1) is 0 Å². The number of amides is 1. The maximum Gasteiger partial charge on any atom is 0.236 e. The molecule has 1 aliphatic rings. The summed E-state index contributed by atoms with van der Waals surface area (Å²) in [5, 5.41) is 3.13. The number of nitrogens with one attached hydrogen (secondary N) is 1. The van der Waals surface area contributed by atoms with Crippen LogP contribution in [0.3, 0.4) is 0 Å². The van der Waals surface area contributed by atoms with Gasteiger partial charge in [0.05, 0.1) is 12.2 Å². The second-order valence-corrected chi connectivity index (χ2v) is 4.96. The molecule has 0 radical (unpaired) electrons. The summed E-state index contributed by atoms with van der Waals surface area (Å²) in [5.74, 6) is 0.192. The van der Waals surface area contributed by atoms with Gasteiger partial charge < -0.3 is 10.2 Å². The maximum atomic E-state index is 11.7. The van der Waals surface area contributed by atoms with Crippen LogP contribution in [0.1, 0.15) is 18.5 Å². The Morgan fingerprint density at radius 3 is 2.88 bits per heavy atom. The Morgan fingerprint density at radius 2 is 2.18 bits per heavy atom. The van der Waals surface area contributed by atoms with Gasteiger partial charge in [0, 0.05) is 19.6 Å². The number of carbonyl (C=O) groups excluding carboxylic acids is 1. The van der Waals surface area contributed by atoms with Crippen molar-refractivity contribution in [1.29, 1.82) is 0 Å². The lowest BCUT2D eigenvalue weighted by molar-refractivity contribution is -0.129. The van der Waals surface area contributed by atoms with Crippen molar-refractivity contribution in [2.75, 3.05) is 19.6 Å². The molecule has 0 unspecified atom stereocenters. The molecule has 4 nitrogen and oxygen atoms in total. The first kappa shape index (κ1) is 12.5. The molecule has 92 valence electrons. The number of hydrogen-bond donors (Lipinski definition) is 1. The molecule has 0 aromatic carbocycles. The molecule has 0 spiro atoms. The SMILES string of the molecule is O=C(CNCc1cccc(Br)n1)N1CCCC1. The molecule has 2 rings (SSSR count). The van der Waals surface area contributed by atoms with Gasteiger partial charge in [0.25, 0.3) is 0 Å². The first-order valence-electron chi connectivity index (χ1n) is 5.85. The van der Waals surface area contributed by atoms with Crippen molar-refractivity contribution in [3.05, 3.63) is 28.5 Å². The fourth-order valence-electron chi connectivity index (χ4n) is 1.92. The van der Waals surface area contributed by atoms with Gasteiger partial charge in [-0.25, -0.2) is 4.98 Å². The minimum atomic E-state index is 0.192. The second kappa shape index (κ2) is 6.12. The van der Waals surface area contributed by atoms with Gasteiger partial charge in [0.1, 0.15) is 4.60 Å². The fraction of sp³-hybridized carbons (Fsp3) is 0.500. The van der Waals surface area contributed by atoms with E-state index in [1.54, 1.807) is 0 Å². The smallest absolute Gasteiger partial charge is 0.236 e. The molecular weight excluding hydrogens is 282 g/mol. The van der Waals surface area contributed by atoms with Crippen LogP contribution in [0, 0.1) is 0 Å². The van der Waals surface area contributed by atoms with Crippen LogP contribution in [0.15, 0.2) is 22.8 Å². The van der Waals surface area contributed by atoms with E-state index in [2.05, 4.69) is 26.2 Å². The molecule has 1 aromatic rings. The van der Waals surface area contributed by atoms with Gasteiger partial charge in [-0.2, -0.15) is 0 Å². The molecule has 0 saturated carbocycles. The van der Waals surface area contributed by atoms with E-state index in [0.717, 1.165) is 36.2 Å². The van der Waals surface area contributed by atoms with Gasteiger partial charge >= 0.3 is 0 Å². The van der Waals surface area contributed by atoms with Gasteiger partial charge in [-0.05, 0) is 40.9 Å². The Balaban J connectivity index is 1.73. The third kappa shape index (κ3) is 3.78. The summed E-state index contributed by atoms with van der Waals surface area (Å²) >= 11 is 3.32. The monoisotopic (exact) mass is 297 g/mol. The summed E-state index contributed by atoms with van der Waals surface area (Å²) < 4.78 is 0.822. The number of carbonyl (C=O) groups is 1. The Morgan fingerprint density at radius 1 is 1.41 bits per heavy atom. The minimum absolute atomic E-state index is 0.192. The van der Waals surface area contributed by atoms with Crippen LogP contribution >= 0.6 is 15.9 Å². The highest BCUT2D eigenvalue weighted by Crippen LogP contribution is 2.07. The van der Waals surface area contributed by atoms with Gasteiger partial charge in [0.2, 0.25) is 5.91 Å². The van der Waals surface area contributed by atoms with Crippen molar-refractivity contribution in [1.82, 2.24) is 15.2 Å². The predicted molar refractivity (Wildman–Crippen MR) is 69.5 cm³/mol. The van der Waals surface area contributed by atoms with Crippen molar-refractivity contribution in [3.8, 4) is 0 Å². The summed E-state index contributed by atoms with van der Waals surface area (Å²) in [7, 11) is 0. The van der Waals surface area contributed by atoms with E-state index in [9.17, 15) is 4.79 Å². The highest BCUT2D eigenvalue weighted by molar-refractivity contribution is 9.10. The number of aromatic nitrogens is 1. The van der Waals surface area contributed by atoms with Crippen LogP contribution in [0.4, 0.5) is 0 Å². The third-order valence-electron chi connectivity index (χ3n) is 2.81. The molecule has 1 fully saturated rings. The molecular formula is C12H16BrN3O. The van der Waals surface area contributed by atoms with Crippen LogP contribution in [-0.4, -0.2) is 35.4 Å². The van der Waals surface area contributed by atoms with Gasteiger partial charge in [-0.3, -0.25) is 4.79 Å². The third-order valence-corrected chi connectivity index (χ3v) is 3.26. The minimum Gasteiger partial charge on any atom is -0.342 e. The lowest BCUT2D eigenvalue weighted by Gasteiger charge is -2.15. The quantitative estimate of drug-likeness (QED) is 0.858.